The summed E-state index contributed by atoms with van der Waals surface area (Å²) < 4.78 is 1.93. The van der Waals surface area contributed by atoms with Crippen LogP contribution >= 0.6 is 0 Å². The molecule has 1 aromatic heterocycles. The van der Waals surface area contributed by atoms with Crippen LogP contribution in [0.2, 0.25) is 0 Å². The number of hydrogen-bond acceptors (Lipinski definition) is 3. The van der Waals surface area contributed by atoms with Crippen molar-refractivity contribution in [1.29, 1.82) is 0 Å². The summed E-state index contributed by atoms with van der Waals surface area (Å²) in [7, 11) is 0. The van der Waals surface area contributed by atoms with E-state index in [0.717, 1.165) is 23.6 Å². The number of rotatable bonds is 1. The Morgan fingerprint density at radius 2 is 1.93 bits per heavy atom. The number of piperidine rings is 1. The Bertz CT molecular complexity index is 343. The Hall–Kier alpha value is -0.203. The van der Waals surface area contributed by atoms with Crippen molar-refractivity contribution in [2.75, 3.05) is 18.0 Å². The molecule has 2 heterocycles. The van der Waals surface area contributed by atoms with Crippen molar-refractivity contribution in [2.24, 2.45) is 0 Å². The van der Waals surface area contributed by atoms with Gasteiger partial charge in [0.1, 0.15) is 0 Å². The van der Waals surface area contributed by atoms with Gasteiger partial charge in [-0.3, -0.25) is 0 Å². The van der Waals surface area contributed by atoms with E-state index in [-0.39, 0.29) is 0 Å². The summed E-state index contributed by atoms with van der Waals surface area (Å²) in [6.45, 7) is 2.10. The molecule has 15 heavy (non-hydrogen) atoms. The molecule has 4 nitrogen and oxygen atoms in total. The summed E-state index contributed by atoms with van der Waals surface area (Å²) in [6.07, 6.45) is 3.74. The summed E-state index contributed by atoms with van der Waals surface area (Å²) in [6, 6.07) is 1.84. The molecule has 0 amide bonds. The van der Waals surface area contributed by atoms with E-state index < -0.39 is 0 Å². The number of aromatic nitrogens is 2. The van der Waals surface area contributed by atoms with E-state index in [9.17, 15) is 5.21 Å². The monoisotopic (exact) mass is 327 g/mol. The van der Waals surface area contributed by atoms with Gasteiger partial charge < -0.3 is 0 Å². The van der Waals surface area contributed by atoms with E-state index in [1.807, 2.05) is 6.07 Å². The predicted molar refractivity (Wildman–Crippen MR) is 60.0 cm³/mol. The second kappa shape index (κ2) is 4.76. The fourth-order valence-corrected chi connectivity index (χ4v) is 3.00. The average molecular weight is 327 g/mol. The Morgan fingerprint density at radius 1 is 1.27 bits per heavy atom. The Kier molecular flexibility index (Phi) is 3.58. The van der Waals surface area contributed by atoms with E-state index in [2.05, 4.69) is 43.6 Å². The second-order valence-electron chi connectivity index (χ2n) is 3.61. The molecule has 1 aromatic rings. The van der Waals surface area contributed by atoms with Gasteiger partial charge in [0, 0.05) is 0 Å². The second-order valence-corrected chi connectivity index (χ2v) is 5.42. The molecule has 6 heteroatoms. The van der Waals surface area contributed by atoms with E-state index in [0.29, 0.717) is 9.09 Å². The van der Waals surface area contributed by atoms with Crippen LogP contribution in [0, 0.1) is 5.21 Å². The average Bonchev–Trinajstić information content (AvgIpc) is 2.26. The third kappa shape index (κ3) is 2.48. The zero-order chi connectivity index (χ0) is 10.8. The van der Waals surface area contributed by atoms with Gasteiger partial charge >= 0.3 is 107 Å². The summed E-state index contributed by atoms with van der Waals surface area (Å²) in [5, 5.41) is 11.4. The molecule has 0 spiro atoms. The van der Waals surface area contributed by atoms with Gasteiger partial charge in [-0.2, -0.15) is 0 Å². The van der Waals surface area contributed by atoms with Crippen LogP contribution in [0.3, 0.4) is 0 Å². The molecule has 0 saturated carbocycles. The van der Waals surface area contributed by atoms with Gasteiger partial charge in [0.15, 0.2) is 0 Å². The first-order valence-electron chi connectivity index (χ1n) is 4.96. The molecule has 1 fully saturated rings. The summed E-state index contributed by atoms with van der Waals surface area (Å²) in [4.78, 5) is 6.54. The number of hydrogen-bond donors (Lipinski definition) is 0. The van der Waals surface area contributed by atoms with Gasteiger partial charge in [-0.25, -0.2) is 0 Å². The Labute approximate surface area is 107 Å². The van der Waals surface area contributed by atoms with Crippen molar-refractivity contribution in [2.45, 2.75) is 19.3 Å². The molecule has 78 valence electrons. The fraction of sp³-hybridized carbons (Fsp3) is 0.556. The van der Waals surface area contributed by atoms with Gasteiger partial charge in [-0.15, -0.1) is 0 Å². The molecular formula is C9H11As2N3O. The van der Waals surface area contributed by atoms with E-state index in [1.54, 1.807) is 0 Å². The third-order valence-electron chi connectivity index (χ3n) is 2.54. The van der Waals surface area contributed by atoms with E-state index in [4.69, 9.17) is 0 Å². The van der Waals surface area contributed by atoms with Crippen molar-refractivity contribution in [1.82, 2.24) is 4.98 Å². The quantitative estimate of drug-likeness (QED) is 0.351. The Morgan fingerprint density at radius 3 is 2.53 bits per heavy atom. The maximum absolute atomic E-state index is 11.4. The minimum absolute atomic E-state index is 0.459. The SMILES string of the molecule is [O-][n+]1c([As])cc(N2CCCCC2)nc1[As]. The molecule has 0 bridgehead atoms. The van der Waals surface area contributed by atoms with Crippen LogP contribution in [-0.2, 0) is 0 Å². The maximum atomic E-state index is 11.4. The molecule has 0 atom stereocenters. The summed E-state index contributed by atoms with van der Waals surface area (Å²) >= 11 is 4.51. The summed E-state index contributed by atoms with van der Waals surface area (Å²) in [5.74, 6) is 0.924. The molecule has 1 saturated heterocycles. The number of anilines is 1. The van der Waals surface area contributed by atoms with Crippen LogP contribution in [-0.4, -0.2) is 51.8 Å². The first-order chi connectivity index (χ1) is 7.18. The molecule has 1 aliphatic rings. The molecule has 4 radical (unpaired) electrons. The molecule has 2 rings (SSSR count). The van der Waals surface area contributed by atoms with Crippen LogP contribution in [0.5, 0.6) is 0 Å². The zero-order valence-electron chi connectivity index (χ0n) is 8.26. The minimum atomic E-state index is 0.459. The van der Waals surface area contributed by atoms with Crippen LogP contribution in [0.4, 0.5) is 5.82 Å². The standard InChI is InChI=1S/C9H11As2N3O/c10-7-6-8(12-9(11)14(7)15)13-4-2-1-3-5-13/h6H,1-5H2. The predicted octanol–water partition coefficient (Wildman–Crippen LogP) is -1.71. The van der Waals surface area contributed by atoms with Gasteiger partial charge in [-0.1, -0.05) is 0 Å². The van der Waals surface area contributed by atoms with Crippen molar-refractivity contribution < 1.29 is 4.73 Å². The van der Waals surface area contributed by atoms with E-state index >= 15 is 0 Å². The van der Waals surface area contributed by atoms with Gasteiger partial charge in [0.2, 0.25) is 0 Å². The molecule has 1 aliphatic heterocycles. The molecule has 0 aliphatic carbocycles. The van der Waals surface area contributed by atoms with Crippen LogP contribution in [0.1, 0.15) is 19.3 Å². The van der Waals surface area contributed by atoms with Crippen LogP contribution in [0.15, 0.2) is 6.07 Å². The normalized spacial score (nSPS) is 16.8. The van der Waals surface area contributed by atoms with Gasteiger partial charge in [0.05, 0.1) is 0 Å². The van der Waals surface area contributed by atoms with Crippen LogP contribution in [0.25, 0.3) is 0 Å². The van der Waals surface area contributed by atoms with Crippen molar-refractivity contribution in [3.63, 3.8) is 0 Å². The first kappa shape index (κ1) is 11.3. The number of nitrogens with zero attached hydrogens (tertiary/aromatic N) is 3. The topological polar surface area (TPSA) is 43.1 Å². The van der Waals surface area contributed by atoms with Crippen LogP contribution < -0.4 is 18.7 Å². The molecule has 0 unspecified atom stereocenters. The summed E-state index contributed by atoms with van der Waals surface area (Å²) in [5.41, 5.74) is 0. The van der Waals surface area contributed by atoms with Gasteiger partial charge in [-0.05, 0) is 0 Å². The third-order valence-corrected chi connectivity index (χ3v) is 3.79. The van der Waals surface area contributed by atoms with Gasteiger partial charge in [0.25, 0.3) is 0 Å². The van der Waals surface area contributed by atoms with Crippen molar-refractivity contribution >= 4 is 48.6 Å². The molecular weight excluding hydrogens is 316 g/mol. The first-order valence-corrected chi connectivity index (χ1v) is 6.83. The molecule has 0 N–H and O–H groups in total. The van der Waals surface area contributed by atoms with Crippen molar-refractivity contribution in [3.8, 4) is 0 Å². The zero-order valence-corrected chi connectivity index (χ0v) is 12.0. The fourth-order valence-electron chi connectivity index (χ4n) is 1.74. The molecule has 0 aromatic carbocycles. The Balaban J connectivity index is 2.27. The van der Waals surface area contributed by atoms with E-state index in [1.165, 1.54) is 19.3 Å². The van der Waals surface area contributed by atoms with Crippen molar-refractivity contribution in [3.05, 3.63) is 11.3 Å².